The van der Waals surface area contributed by atoms with E-state index in [4.69, 9.17) is 0 Å². The molecule has 0 amide bonds. The molecule has 1 aliphatic rings. The Morgan fingerprint density at radius 1 is 0.931 bits per heavy atom. The summed E-state index contributed by atoms with van der Waals surface area (Å²) in [6, 6.07) is 19.9. The number of carbonyl (C=O) groups is 1. The number of hydrogen-bond acceptors (Lipinski definition) is 2. The normalized spacial score (nSPS) is 14.1. The summed E-state index contributed by atoms with van der Waals surface area (Å²) in [5.41, 5.74) is 6.36. The van der Waals surface area contributed by atoms with Crippen molar-refractivity contribution in [3.63, 3.8) is 0 Å². The van der Waals surface area contributed by atoms with Crippen LogP contribution in [0.4, 0.5) is 5.69 Å². The Bertz CT molecular complexity index is 1250. The summed E-state index contributed by atoms with van der Waals surface area (Å²) in [5, 5.41) is 11.9. The molecule has 0 bridgehead atoms. The Balaban J connectivity index is 2.20. The minimum Gasteiger partial charge on any atom is -0.478 e. The molecule has 0 saturated heterocycles. The number of carboxylic acid groups (broad SMARTS) is 1. The van der Waals surface area contributed by atoms with Crippen molar-refractivity contribution < 1.29 is 9.90 Å². The van der Waals surface area contributed by atoms with Crippen molar-refractivity contribution >= 4 is 23.8 Å². The van der Waals surface area contributed by atoms with Crippen LogP contribution in [0, 0.1) is 0 Å². The van der Waals surface area contributed by atoms with Crippen molar-refractivity contribution in [2.75, 3.05) is 19.0 Å². The highest BCUT2D eigenvalue weighted by atomic mass is 16.4. The lowest BCUT2D eigenvalue weighted by Gasteiger charge is -2.35. The van der Waals surface area contributed by atoms with Crippen LogP contribution in [-0.2, 0) is 5.41 Å². The predicted octanol–water partition coefficient (Wildman–Crippen LogP) is 3.75. The molecule has 146 valence electrons. The van der Waals surface area contributed by atoms with Gasteiger partial charge in [0.2, 0.25) is 0 Å². The summed E-state index contributed by atoms with van der Waals surface area (Å²) in [6.07, 6.45) is 0. The zero-order valence-electron chi connectivity index (χ0n) is 17.3. The summed E-state index contributed by atoms with van der Waals surface area (Å²) >= 11 is 0. The number of nitrogens with zero attached hydrogens (tertiary/aromatic N) is 1. The van der Waals surface area contributed by atoms with Crippen LogP contribution in [0.5, 0.6) is 0 Å². The second-order valence-electron chi connectivity index (χ2n) is 8.35. The predicted molar refractivity (Wildman–Crippen MR) is 119 cm³/mol. The number of benzene rings is 3. The molecule has 0 radical (unpaired) electrons. The molecule has 0 atom stereocenters. The van der Waals surface area contributed by atoms with E-state index < -0.39 is 5.97 Å². The zero-order valence-corrected chi connectivity index (χ0v) is 17.3. The van der Waals surface area contributed by atoms with Crippen LogP contribution < -0.4 is 15.3 Å². The smallest absolute Gasteiger partial charge is 0.336 e. The van der Waals surface area contributed by atoms with Crippen LogP contribution in [0.1, 0.15) is 46.5 Å². The third kappa shape index (κ3) is 2.94. The lowest BCUT2D eigenvalue weighted by Crippen LogP contribution is -2.36. The molecule has 1 N–H and O–H groups in total. The number of fused-ring (bicyclic) bond motifs is 2. The fourth-order valence-corrected chi connectivity index (χ4v) is 4.34. The van der Waals surface area contributed by atoms with Gasteiger partial charge in [-0.05, 0) is 56.5 Å². The average Bonchev–Trinajstić information content (AvgIpc) is 2.68. The fourth-order valence-electron chi connectivity index (χ4n) is 4.34. The van der Waals surface area contributed by atoms with Crippen LogP contribution in [0.25, 0.3) is 12.2 Å². The van der Waals surface area contributed by atoms with Gasteiger partial charge in [0.25, 0.3) is 0 Å². The lowest BCUT2D eigenvalue weighted by molar-refractivity contribution is 0.0696. The van der Waals surface area contributed by atoms with Gasteiger partial charge in [-0.3, -0.25) is 0 Å². The van der Waals surface area contributed by atoms with Crippen molar-refractivity contribution in [2.45, 2.75) is 19.3 Å². The van der Waals surface area contributed by atoms with Gasteiger partial charge in [-0.15, -0.1) is 0 Å². The molecule has 1 aliphatic carbocycles. The van der Waals surface area contributed by atoms with Gasteiger partial charge >= 0.3 is 5.97 Å². The third-order valence-corrected chi connectivity index (χ3v) is 5.92. The summed E-state index contributed by atoms with van der Waals surface area (Å²) in [6.45, 7) is 8.58. The number of carboxylic acids is 1. The van der Waals surface area contributed by atoms with Crippen molar-refractivity contribution in [1.29, 1.82) is 0 Å². The molecule has 3 heteroatoms. The Morgan fingerprint density at radius 2 is 1.66 bits per heavy atom. The van der Waals surface area contributed by atoms with E-state index in [2.05, 4.69) is 55.7 Å². The van der Waals surface area contributed by atoms with E-state index in [9.17, 15) is 9.90 Å². The summed E-state index contributed by atoms with van der Waals surface area (Å²) in [4.78, 5) is 14.1. The van der Waals surface area contributed by atoms with Gasteiger partial charge in [-0.2, -0.15) is 0 Å². The molecule has 0 heterocycles. The third-order valence-electron chi connectivity index (χ3n) is 5.92. The van der Waals surface area contributed by atoms with Crippen LogP contribution in [-0.4, -0.2) is 25.2 Å². The second-order valence-corrected chi connectivity index (χ2v) is 8.35. The molecule has 0 aliphatic heterocycles. The molecule has 0 saturated carbocycles. The minimum absolute atomic E-state index is 0.230. The van der Waals surface area contributed by atoms with Crippen molar-refractivity contribution in [3.05, 3.63) is 98.9 Å². The van der Waals surface area contributed by atoms with Crippen LogP contribution in [0.3, 0.4) is 0 Å². The maximum atomic E-state index is 12.0. The molecule has 3 nitrogen and oxygen atoms in total. The summed E-state index contributed by atoms with van der Waals surface area (Å²) in [7, 11) is 4.06. The molecule has 3 aromatic rings. The van der Waals surface area contributed by atoms with Gasteiger partial charge < -0.3 is 10.0 Å². The SMILES string of the molecule is C=c1ccc2c(c1)C(C)(C)c1cc(N(C)C)ccc1C=2c1ccccc1C(=O)O. The lowest BCUT2D eigenvalue weighted by atomic mass is 9.68. The first-order chi connectivity index (χ1) is 13.7. The summed E-state index contributed by atoms with van der Waals surface area (Å²) < 4.78 is 0. The van der Waals surface area contributed by atoms with E-state index >= 15 is 0 Å². The molecule has 0 spiro atoms. The Labute approximate surface area is 171 Å². The Kier molecular flexibility index (Phi) is 4.34. The first-order valence-corrected chi connectivity index (χ1v) is 9.70. The molecule has 29 heavy (non-hydrogen) atoms. The van der Waals surface area contributed by atoms with Crippen LogP contribution in [0.2, 0.25) is 0 Å². The molecular weight excluding hydrogens is 358 g/mol. The first kappa shape index (κ1) is 19.0. The highest BCUT2D eigenvalue weighted by Gasteiger charge is 2.34. The van der Waals surface area contributed by atoms with Crippen LogP contribution >= 0.6 is 0 Å². The van der Waals surface area contributed by atoms with Crippen molar-refractivity contribution in [3.8, 4) is 0 Å². The summed E-state index contributed by atoms with van der Waals surface area (Å²) in [5.74, 6) is -0.917. The van der Waals surface area contributed by atoms with Gasteiger partial charge in [0.1, 0.15) is 0 Å². The molecule has 4 rings (SSSR count). The highest BCUT2D eigenvalue weighted by molar-refractivity contribution is 5.98. The van der Waals surface area contributed by atoms with E-state index in [1.807, 2.05) is 32.3 Å². The van der Waals surface area contributed by atoms with Gasteiger partial charge in [0.05, 0.1) is 5.56 Å². The van der Waals surface area contributed by atoms with Crippen LogP contribution in [0.15, 0.2) is 60.7 Å². The molecule has 0 aromatic heterocycles. The molecule has 0 unspecified atom stereocenters. The van der Waals surface area contributed by atoms with E-state index in [-0.39, 0.29) is 5.41 Å². The van der Waals surface area contributed by atoms with E-state index in [0.717, 1.165) is 32.8 Å². The second kappa shape index (κ2) is 6.63. The zero-order chi connectivity index (χ0) is 20.9. The fraction of sp³-hybridized carbons (Fsp3) is 0.192. The van der Waals surface area contributed by atoms with E-state index in [1.54, 1.807) is 12.1 Å². The Morgan fingerprint density at radius 3 is 2.34 bits per heavy atom. The number of aromatic carboxylic acids is 1. The standard InChI is InChI=1S/C26H25NO2/c1-16-10-12-20-22(14-16)26(2,3)23-15-17(27(4)5)11-13-21(23)24(20)18-8-6-7-9-19(18)25(28)29/h6-15H,1H2,2-5H3,(H,28,29). The quantitative estimate of drug-likeness (QED) is 0.749. The Hall–Kier alpha value is -3.33. The molecule has 3 aromatic carbocycles. The largest absolute Gasteiger partial charge is 0.478 e. The van der Waals surface area contributed by atoms with Gasteiger partial charge in [0, 0.05) is 25.2 Å². The number of rotatable bonds is 3. The maximum absolute atomic E-state index is 12.0. The average molecular weight is 383 g/mol. The van der Waals surface area contributed by atoms with Gasteiger partial charge in [0.15, 0.2) is 0 Å². The van der Waals surface area contributed by atoms with Gasteiger partial charge in [-0.25, -0.2) is 4.79 Å². The molecule has 0 fully saturated rings. The monoisotopic (exact) mass is 383 g/mol. The molecular formula is C26H25NO2. The van der Waals surface area contributed by atoms with E-state index in [0.29, 0.717) is 5.56 Å². The van der Waals surface area contributed by atoms with Crippen molar-refractivity contribution in [2.24, 2.45) is 0 Å². The van der Waals surface area contributed by atoms with Gasteiger partial charge in [-0.1, -0.05) is 62.9 Å². The minimum atomic E-state index is -0.917. The number of hydrogen-bond donors (Lipinski definition) is 1. The van der Waals surface area contributed by atoms with E-state index in [1.165, 1.54) is 11.1 Å². The maximum Gasteiger partial charge on any atom is 0.336 e. The first-order valence-electron chi connectivity index (χ1n) is 9.70. The van der Waals surface area contributed by atoms with Crippen molar-refractivity contribution in [1.82, 2.24) is 0 Å². The number of anilines is 1. The topological polar surface area (TPSA) is 40.5 Å². The highest BCUT2D eigenvalue weighted by Crippen LogP contribution is 2.41.